The van der Waals surface area contributed by atoms with Crippen LogP contribution in [0.1, 0.15) is 49.8 Å². The number of Topliss-reactive ketones (excluding diaryl/α,β-unsaturated/α-hetero) is 1. The van der Waals surface area contributed by atoms with Crippen molar-refractivity contribution < 1.29 is 31.1 Å². The highest BCUT2D eigenvalue weighted by atomic mass is 35.5. The SMILES string of the molecule is CC(=O)C(CC(C)C)c1cc(Nc2ccc(Cl)c(C(F)(F)F)c2)cc(-c2ccc(C(F)(F)F)cc2)c1. The first-order valence-corrected chi connectivity index (χ1v) is 11.5. The Kier molecular flexibility index (Phi) is 8.08. The molecule has 0 aliphatic heterocycles. The Morgan fingerprint density at radius 2 is 1.47 bits per heavy atom. The quantitative estimate of drug-likeness (QED) is 0.310. The molecule has 1 atom stereocenters. The van der Waals surface area contributed by atoms with Crippen LogP contribution in [0.25, 0.3) is 11.1 Å². The van der Waals surface area contributed by atoms with Gasteiger partial charge in [0, 0.05) is 17.3 Å². The summed E-state index contributed by atoms with van der Waals surface area (Å²) in [4.78, 5) is 12.5. The number of ketones is 1. The fourth-order valence-electron chi connectivity index (χ4n) is 3.94. The molecular formula is C27H24ClF6NO. The van der Waals surface area contributed by atoms with Crippen LogP contribution < -0.4 is 5.32 Å². The topological polar surface area (TPSA) is 29.1 Å². The van der Waals surface area contributed by atoms with Crippen LogP contribution in [-0.4, -0.2) is 5.78 Å². The van der Waals surface area contributed by atoms with Crippen molar-refractivity contribution in [1.82, 2.24) is 0 Å². The minimum absolute atomic E-state index is 0.0925. The van der Waals surface area contributed by atoms with E-state index in [-0.39, 0.29) is 17.4 Å². The molecule has 9 heteroatoms. The number of hydrogen-bond acceptors (Lipinski definition) is 2. The Morgan fingerprint density at radius 1 is 0.833 bits per heavy atom. The molecule has 0 heterocycles. The third kappa shape index (κ3) is 6.81. The van der Waals surface area contributed by atoms with Gasteiger partial charge in [0.15, 0.2) is 0 Å². The second-order valence-electron chi connectivity index (χ2n) is 9.03. The highest BCUT2D eigenvalue weighted by molar-refractivity contribution is 6.31. The summed E-state index contributed by atoms with van der Waals surface area (Å²) in [5.74, 6) is -0.406. The molecule has 2 nitrogen and oxygen atoms in total. The summed E-state index contributed by atoms with van der Waals surface area (Å²) in [6.45, 7) is 5.38. The molecule has 0 radical (unpaired) electrons. The van der Waals surface area contributed by atoms with Crippen LogP contribution in [0.4, 0.5) is 37.7 Å². The molecule has 0 aliphatic carbocycles. The van der Waals surface area contributed by atoms with Gasteiger partial charge in [-0.25, -0.2) is 0 Å². The smallest absolute Gasteiger partial charge is 0.355 e. The summed E-state index contributed by atoms with van der Waals surface area (Å²) >= 11 is 5.72. The van der Waals surface area contributed by atoms with Crippen molar-refractivity contribution in [2.45, 2.75) is 45.5 Å². The van der Waals surface area contributed by atoms with Crippen LogP contribution in [0.2, 0.25) is 5.02 Å². The highest BCUT2D eigenvalue weighted by Gasteiger charge is 2.33. The molecule has 0 bridgehead atoms. The van der Waals surface area contributed by atoms with Crippen LogP contribution in [0, 0.1) is 5.92 Å². The molecule has 3 aromatic carbocycles. The third-order valence-electron chi connectivity index (χ3n) is 5.66. The summed E-state index contributed by atoms with van der Waals surface area (Å²) in [7, 11) is 0. The highest BCUT2D eigenvalue weighted by Crippen LogP contribution is 2.38. The first-order chi connectivity index (χ1) is 16.6. The molecule has 192 valence electrons. The zero-order valence-electron chi connectivity index (χ0n) is 19.7. The standard InChI is InChI=1S/C27H24ClF6NO/c1-15(2)10-23(16(3)36)19-11-18(17-4-6-20(7-5-17)26(29,30)31)12-22(13-19)35-21-8-9-25(28)24(14-21)27(32,33)34/h4-9,11-15,23,35H,10H2,1-3H3. The van der Waals surface area contributed by atoms with E-state index in [1.807, 2.05) is 13.8 Å². The van der Waals surface area contributed by atoms with Crippen LogP contribution in [0.15, 0.2) is 60.7 Å². The molecule has 0 aromatic heterocycles. The van der Waals surface area contributed by atoms with Crippen LogP contribution in [0.3, 0.4) is 0 Å². The summed E-state index contributed by atoms with van der Waals surface area (Å²) in [6, 6.07) is 13.0. The van der Waals surface area contributed by atoms with Gasteiger partial charge in [-0.05, 0) is 78.4 Å². The second kappa shape index (κ2) is 10.5. The van der Waals surface area contributed by atoms with Crippen LogP contribution in [0.5, 0.6) is 0 Å². The molecule has 0 fully saturated rings. The van der Waals surface area contributed by atoms with Gasteiger partial charge in [-0.1, -0.05) is 43.6 Å². The molecule has 3 rings (SSSR count). The van der Waals surface area contributed by atoms with E-state index in [4.69, 9.17) is 11.6 Å². The van der Waals surface area contributed by atoms with Crippen molar-refractivity contribution in [2.75, 3.05) is 5.32 Å². The van der Waals surface area contributed by atoms with Crippen molar-refractivity contribution in [2.24, 2.45) is 5.92 Å². The van der Waals surface area contributed by atoms with E-state index in [0.717, 1.165) is 24.3 Å². The molecule has 0 amide bonds. The summed E-state index contributed by atoms with van der Waals surface area (Å²) in [6.07, 6.45) is -8.61. The van der Waals surface area contributed by atoms with E-state index in [9.17, 15) is 31.1 Å². The fraction of sp³-hybridized carbons (Fsp3) is 0.296. The van der Waals surface area contributed by atoms with E-state index in [2.05, 4.69) is 5.32 Å². The van der Waals surface area contributed by atoms with Gasteiger partial charge in [0.25, 0.3) is 0 Å². The maximum atomic E-state index is 13.3. The average molecular weight is 528 g/mol. The van der Waals surface area contributed by atoms with Crippen molar-refractivity contribution in [3.05, 3.63) is 82.4 Å². The zero-order valence-corrected chi connectivity index (χ0v) is 20.4. The maximum Gasteiger partial charge on any atom is 0.417 e. The van der Waals surface area contributed by atoms with Crippen molar-refractivity contribution >= 4 is 28.8 Å². The Labute approximate surface area is 210 Å². The van der Waals surface area contributed by atoms with Crippen molar-refractivity contribution in [3.63, 3.8) is 0 Å². The molecule has 0 spiro atoms. The van der Waals surface area contributed by atoms with E-state index >= 15 is 0 Å². The van der Waals surface area contributed by atoms with Crippen LogP contribution >= 0.6 is 11.6 Å². The fourth-order valence-corrected chi connectivity index (χ4v) is 4.16. The lowest BCUT2D eigenvalue weighted by Gasteiger charge is -2.20. The van der Waals surface area contributed by atoms with Crippen molar-refractivity contribution in [1.29, 1.82) is 0 Å². The van der Waals surface area contributed by atoms with Gasteiger partial charge in [-0.3, -0.25) is 4.79 Å². The molecule has 0 aliphatic rings. The van der Waals surface area contributed by atoms with Gasteiger partial charge in [-0.15, -0.1) is 0 Å². The summed E-state index contributed by atoms with van der Waals surface area (Å²) in [5.41, 5.74) is 0.285. The van der Waals surface area contributed by atoms with Gasteiger partial charge < -0.3 is 5.32 Å². The monoisotopic (exact) mass is 527 g/mol. The molecule has 1 N–H and O–H groups in total. The molecular weight excluding hydrogens is 504 g/mol. The predicted octanol–water partition coefficient (Wildman–Crippen LogP) is 9.51. The average Bonchev–Trinajstić information content (AvgIpc) is 2.77. The minimum atomic E-state index is -4.65. The predicted molar refractivity (Wildman–Crippen MR) is 129 cm³/mol. The van der Waals surface area contributed by atoms with Gasteiger partial charge in [0.1, 0.15) is 5.78 Å². The second-order valence-corrected chi connectivity index (χ2v) is 9.44. The molecule has 0 saturated carbocycles. The Morgan fingerprint density at radius 3 is 2.00 bits per heavy atom. The number of carbonyl (C=O) groups is 1. The molecule has 0 saturated heterocycles. The molecule has 1 unspecified atom stereocenters. The van der Waals surface area contributed by atoms with Crippen molar-refractivity contribution in [3.8, 4) is 11.1 Å². The number of hydrogen-bond donors (Lipinski definition) is 1. The normalized spacial score (nSPS) is 13.1. The summed E-state index contributed by atoms with van der Waals surface area (Å²) < 4.78 is 79.0. The molecule has 36 heavy (non-hydrogen) atoms. The number of rotatable bonds is 7. The molecule has 3 aromatic rings. The Hall–Kier alpha value is -3.00. The first-order valence-electron chi connectivity index (χ1n) is 11.1. The van der Waals surface area contributed by atoms with Gasteiger partial charge in [0.05, 0.1) is 16.1 Å². The maximum absolute atomic E-state index is 13.3. The van der Waals surface area contributed by atoms with E-state index in [0.29, 0.717) is 28.8 Å². The number of halogens is 7. The van der Waals surface area contributed by atoms with Crippen LogP contribution in [-0.2, 0) is 17.1 Å². The number of alkyl halides is 6. The lowest BCUT2D eigenvalue weighted by Crippen LogP contribution is -2.12. The Bertz CT molecular complexity index is 1230. The van der Waals surface area contributed by atoms with Gasteiger partial charge in [0.2, 0.25) is 0 Å². The van der Waals surface area contributed by atoms with Gasteiger partial charge in [-0.2, -0.15) is 26.3 Å². The Balaban J connectivity index is 2.11. The number of benzene rings is 3. The van der Waals surface area contributed by atoms with E-state index in [1.54, 1.807) is 18.2 Å². The minimum Gasteiger partial charge on any atom is -0.355 e. The number of anilines is 2. The first kappa shape index (κ1) is 27.6. The summed E-state index contributed by atoms with van der Waals surface area (Å²) in [5, 5.41) is 2.48. The number of carbonyl (C=O) groups excluding carboxylic acids is 1. The van der Waals surface area contributed by atoms with Gasteiger partial charge >= 0.3 is 12.4 Å². The van der Waals surface area contributed by atoms with E-state index < -0.39 is 34.4 Å². The lowest BCUT2D eigenvalue weighted by molar-refractivity contribution is -0.138. The zero-order chi connectivity index (χ0) is 26.8. The number of nitrogens with one attached hydrogen (secondary N) is 1. The lowest BCUT2D eigenvalue weighted by atomic mass is 9.85. The third-order valence-corrected chi connectivity index (χ3v) is 5.99. The largest absolute Gasteiger partial charge is 0.417 e. The van der Waals surface area contributed by atoms with E-state index in [1.165, 1.54) is 25.1 Å².